The maximum atomic E-state index is 12.4. The molecule has 19 heavy (non-hydrogen) atoms. The standard InChI is InChI=1S/C15H23N2O.ClH/c1-5-14(18)15(2,17(3,4)12-11-16)13-9-7-6-8-10-13;/h5-10H,1,11-12,16H2,2-4H3;1H/q+1;/p-1. The first kappa shape index (κ1) is 17.8. The molecule has 0 bridgehead atoms. The smallest absolute Gasteiger partial charge is 0.219 e. The minimum Gasteiger partial charge on any atom is -1.00 e. The van der Waals surface area contributed by atoms with Crippen molar-refractivity contribution in [2.24, 2.45) is 5.73 Å². The number of benzene rings is 1. The molecular weight excluding hydrogens is 260 g/mol. The van der Waals surface area contributed by atoms with Gasteiger partial charge in [-0.15, -0.1) is 0 Å². The van der Waals surface area contributed by atoms with E-state index in [0.29, 0.717) is 11.0 Å². The lowest BCUT2D eigenvalue weighted by molar-refractivity contribution is -0.935. The van der Waals surface area contributed by atoms with Crippen molar-refractivity contribution in [1.29, 1.82) is 0 Å². The highest BCUT2D eigenvalue weighted by molar-refractivity contribution is 5.96. The Hall–Kier alpha value is -1.16. The van der Waals surface area contributed by atoms with Crippen LogP contribution in [0.25, 0.3) is 0 Å². The molecule has 1 aromatic rings. The van der Waals surface area contributed by atoms with Crippen LogP contribution in [0.1, 0.15) is 12.5 Å². The van der Waals surface area contributed by atoms with E-state index in [4.69, 9.17) is 5.73 Å². The lowest BCUT2D eigenvalue weighted by Gasteiger charge is -2.45. The largest absolute Gasteiger partial charge is 1.00 e. The Balaban J connectivity index is 0.00000324. The molecular formula is C15H23ClN2O. The molecule has 0 radical (unpaired) electrons. The molecule has 0 saturated carbocycles. The molecule has 0 saturated heterocycles. The molecule has 1 aromatic carbocycles. The SMILES string of the molecule is C=CC(=O)C(C)(c1ccccc1)[N+](C)(C)CCN.[Cl-]. The second-order valence-corrected chi connectivity index (χ2v) is 5.20. The number of rotatable bonds is 6. The van der Waals surface area contributed by atoms with Crippen LogP contribution in [-0.4, -0.2) is 37.5 Å². The third-order valence-electron chi connectivity index (χ3n) is 3.90. The Morgan fingerprint density at radius 2 is 1.89 bits per heavy atom. The van der Waals surface area contributed by atoms with Gasteiger partial charge in [-0.25, -0.2) is 0 Å². The molecule has 4 heteroatoms. The Bertz CT molecular complexity index is 431. The number of carbonyl (C=O) groups is 1. The molecule has 0 aliphatic rings. The van der Waals surface area contributed by atoms with Gasteiger partial charge in [-0.3, -0.25) is 4.79 Å². The molecule has 0 amide bonds. The van der Waals surface area contributed by atoms with Crippen LogP contribution in [0.4, 0.5) is 0 Å². The summed E-state index contributed by atoms with van der Waals surface area (Å²) in [5.41, 5.74) is 6.02. The molecule has 0 aliphatic carbocycles. The topological polar surface area (TPSA) is 43.1 Å². The Kier molecular flexibility index (Phi) is 6.43. The summed E-state index contributed by atoms with van der Waals surface area (Å²) in [4.78, 5) is 12.4. The van der Waals surface area contributed by atoms with Gasteiger partial charge < -0.3 is 22.6 Å². The predicted molar refractivity (Wildman–Crippen MR) is 75.0 cm³/mol. The van der Waals surface area contributed by atoms with Gasteiger partial charge in [0.2, 0.25) is 5.78 Å². The van der Waals surface area contributed by atoms with Crippen molar-refractivity contribution in [3.63, 3.8) is 0 Å². The van der Waals surface area contributed by atoms with Gasteiger partial charge >= 0.3 is 0 Å². The summed E-state index contributed by atoms with van der Waals surface area (Å²) in [5, 5.41) is 0. The van der Waals surface area contributed by atoms with Crippen molar-refractivity contribution < 1.29 is 21.7 Å². The Morgan fingerprint density at radius 1 is 1.37 bits per heavy atom. The second-order valence-electron chi connectivity index (χ2n) is 5.20. The van der Waals surface area contributed by atoms with Gasteiger partial charge in [0.05, 0.1) is 20.6 Å². The average Bonchev–Trinajstić information content (AvgIpc) is 2.37. The number of ketones is 1. The van der Waals surface area contributed by atoms with Crippen LogP contribution in [0.15, 0.2) is 43.0 Å². The van der Waals surface area contributed by atoms with Crippen LogP contribution < -0.4 is 18.1 Å². The Labute approximate surface area is 122 Å². The quantitative estimate of drug-likeness (QED) is 0.520. The average molecular weight is 283 g/mol. The monoisotopic (exact) mass is 282 g/mol. The minimum atomic E-state index is -0.650. The lowest BCUT2D eigenvalue weighted by Crippen LogP contribution is -3.00. The number of quaternary nitrogens is 1. The van der Waals surface area contributed by atoms with E-state index < -0.39 is 5.54 Å². The van der Waals surface area contributed by atoms with E-state index in [2.05, 4.69) is 6.58 Å². The number of hydrogen-bond donors (Lipinski definition) is 1. The summed E-state index contributed by atoms with van der Waals surface area (Å²) in [6.45, 7) is 6.86. The van der Waals surface area contributed by atoms with E-state index in [-0.39, 0.29) is 18.2 Å². The van der Waals surface area contributed by atoms with Crippen LogP contribution in [0.5, 0.6) is 0 Å². The third-order valence-corrected chi connectivity index (χ3v) is 3.90. The summed E-state index contributed by atoms with van der Waals surface area (Å²) in [7, 11) is 4.06. The van der Waals surface area contributed by atoms with Crippen molar-refractivity contribution in [2.45, 2.75) is 12.5 Å². The summed E-state index contributed by atoms with van der Waals surface area (Å²) in [5.74, 6) is 0.0205. The molecule has 1 atom stereocenters. The van der Waals surface area contributed by atoms with Crippen molar-refractivity contribution in [2.75, 3.05) is 27.2 Å². The molecule has 0 heterocycles. The first-order valence-corrected chi connectivity index (χ1v) is 6.15. The van der Waals surface area contributed by atoms with Crippen molar-refractivity contribution >= 4 is 5.78 Å². The first-order chi connectivity index (χ1) is 8.40. The normalized spacial score (nSPS) is 14.1. The zero-order valence-electron chi connectivity index (χ0n) is 11.9. The summed E-state index contributed by atoms with van der Waals surface area (Å²) >= 11 is 0. The maximum Gasteiger partial charge on any atom is 0.219 e. The van der Waals surface area contributed by atoms with E-state index in [9.17, 15) is 4.79 Å². The van der Waals surface area contributed by atoms with Gasteiger partial charge in [0.1, 0.15) is 0 Å². The van der Waals surface area contributed by atoms with E-state index in [1.165, 1.54) is 6.08 Å². The van der Waals surface area contributed by atoms with Crippen LogP contribution >= 0.6 is 0 Å². The fraction of sp³-hybridized carbons (Fsp3) is 0.400. The third kappa shape index (κ3) is 3.24. The molecule has 1 rings (SSSR count). The van der Waals surface area contributed by atoms with Gasteiger partial charge in [-0.1, -0.05) is 36.9 Å². The number of nitrogens with zero attached hydrogens (tertiary/aromatic N) is 1. The zero-order chi connectivity index (χ0) is 13.8. The van der Waals surface area contributed by atoms with Crippen LogP contribution in [0.3, 0.4) is 0 Å². The van der Waals surface area contributed by atoms with Gasteiger partial charge in [-0.05, 0) is 6.08 Å². The number of likely N-dealkylation sites (N-methyl/N-ethyl adjacent to an activating group) is 1. The number of halogens is 1. The number of nitrogens with two attached hydrogens (primary N) is 1. The molecule has 0 aliphatic heterocycles. The summed E-state index contributed by atoms with van der Waals surface area (Å²) in [6, 6.07) is 9.82. The lowest BCUT2D eigenvalue weighted by atomic mass is 9.84. The molecule has 0 spiro atoms. The zero-order valence-corrected chi connectivity index (χ0v) is 12.7. The van der Waals surface area contributed by atoms with Gasteiger partial charge in [-0.2, -0.15) is 0 Å². The second kappa shape index (κ2) is 6.85. The van der Waals surface area contributed by atoms with Crippen LogP contribution in [0.2, 0.25) is 0 Å². The molecule has 106 valence electrons. The molecule has 0 aromatic heterocycles. The number of carbonyl (C=O) groups excluding carboxylic acids is 1. The Morgan fingerprint density at radius 3 is 2.32 bits per heavy atom. The van der Waals surface area contributed by atoms with Gasteiger partial charge in [0.15, 0.2) is 5.54 Å². The molecule has 0 fully saturated rings. The molecule has 2 N–H and O–H groups in total. The van der Waals surface area contributed by atoms with Crippen molar-refractivity contribution in [3.8, 4) is 0 Å². The summed E-state index contributed by atoms with van der Waals surface area (Å²) in [6.07, 6.45) is 1.41. The first-order valence-electron chi connectivity index (χ1n) is 6.15. The fourth-order valence-corrected chi connectivity index (χ4v) is 2.30. The van der Waals surface area contributed by atoms with Gasteiger partial charge in [0.25, 0.3) is 0 Å². The highest BCUT2D eigenvalue weighted by Crippen LogP contribution is 2.33. The van der Waals surface area contributed by atoms with E-state index in [1.807, 2.05) is 51.4 Å². The number of hydrogen-bond acceptors (Lipinski definition) is 2. The minimum absolute atomic E-state index is 0. The fourth-order valence-electron chi connectivity index (χ4n) is 2.30. The van der Waals surface area contributed by atoms with E-state index >= 15 is 0 Å². The van der Waals surface area contributed by atoms with E-state index in [0.717, 1.165) is 12.1 Å². The van der Waals surface area contributed by atoms with Crippen molar-refractivity contribution in [3.05, 3.63) is 48.6 Å². The van der Waals surface area contributed by atoms with Gasteiger partial charge in [0, 0.05) is 19.0 Å². The summed E-state index contributed by atoms with van der Waals surface area (Å²) < 4.78 is 0.512. The van der Waals surface area contributed by atoms with Crippen LogP contribution in [-0.2, 0) is 10.3 Å². The molecule has 1 unspecified atom stereocenters. The highest BCUT2D eigenvalue weighted by Gasteiger charge is 2.47. The highest BCUT2D eigenvalue weighted by atomic mass is 35.5. The molecule has 3 nitrogen and oxygen atoms in total. The van der Waals surface area contributed by atoms with E-state index in [1.54, 1.807) is 0 Å². The van der Waals surface area contributed by atoms with Crippen molar-refractivity contribution in [1.82, 2.24) is 0 Å². The van der Waals surface area contributed by atoms with Crippen LogP contribution in [0, 0.1) is 0 Å². The maximum absolute atomic E-state index is 12.4. The predicted octanol–water partition coefficient (Wildman–Crippen LogP) is -1.30.